The number of carbonyl (C=O) groups excluding carboxylic acids is 1. The first-order valence-electron chi connectivity index (χ1n) is 6.91. The van der Waals surface area contributed by atoms with Crippen LogP contribution in [0.4, 0.5) is 4.79 Å². The second-order valence-electron chi connectivity index (χ2n) is 5.92. The Bertz CT molecular complexity index is 420. The van der Waals surface area contributed by atoms with E-state index < -0.39 is 5.60 Å². The van der Waals surface area contributed by atoms with Crippen LogP contribution >= 0.6 is 0 Å². The molecular formula is C16H25NO3. The van der Waals surface area contributed by atoms with Gasteiger partial charge in [-0.2, -0.15) is 0 Å². The van der Waals surface area contributed by atoms with Crippen LogP contribution in [0.5, 0.6) is 5.75 Å². The van der Waals surface area contributed by atoms with Gasteiger partial charge in [0.25, 0.3) is 0 Å². The van der Waals surface area contributed by atoms with Crippen LogP contribution in [0.3, 0.4) is 0 Å². The summed E-state index contributed by atoms with van der Waals surface area (Å²) in [6, 6.07) is 7.93. The molecule has 0 atom stereocenters. The molecule has 0 aliphatic carbocycles. The Kier molecular flexibility index (Phi) is 5.86. The highest BCUT2D eigenvalue weighted by Crippen LogP contribution is 2.12. The Labute approximate surface area is 121 Å². The van der Waals surface area contributed by atoms with Gasteiger partial charge in [0, 0.05) is 13.6 Å². The molecule has 20 heavy (non-hydrogen) atoms. The lowest BCUT2D eigenvalue weighted by Crippen LogP contribution is -2.35. The molecule has 0 spiro atoms. The first-order chi connectivity index (χ1) is 9.28. The van der Waals surface area contributed by atoms with Crippen LogP contribution in [-0.2, 0) is 4.74 Å². The molecule has 0 saturated carbocycles. The zero-order chi connectivity index (χ0) is 15.2. The maximum atomic E-state index is 11.7. The molecule has 1 rings (SSSR count). The van der Waals surface area contributed by atoms with Gasteiger partial charge in [0.2, 0.25) is 0 Å². The van der Waals surface area contributed by atoms with Crippen molar-refractivity contribution >= 4 is 6.09 Å². The van der Waals surface area contributed by atoms with E-state index in [1.807, 2.05) is 52.0 Å². The standard InChI is InChI=1S/C16H25NO3/c1-13-7-9-14(10-8-13)19-12-6-11-17(5)15(18)20-16(2,3)4/h7-10H,6,11-12H2,1-5H3. The number of nitrogens with zero attached hydrogens (tertiary/aromatic N) is 1. The molecule has 0 fully saturated rings. The van der Waals surface area contributed by atoms with Gasteiger partial charge in [-0.1, -0.05) is 17.7 Å². The van der Waals surface area contributed by atoms with Crippen molar-refractivity contribution in [1.29, 1.82) is 0 Å². The van der Waals surface area contributed by atoms with Gasteiger partial charge in [-0.15, -0.1) is 0 Å². The van der Waals surface area contributed by atoms with Crippen LogP contribution in [0.25, 0.3) is 0 Å². The minimum Gasteiger partial charge on any atom is -0.494 e. The number of rotatable bonds is 5. The number of benzene rings is 1. The van der Waals surface area contributed by atoms with E-state index in [-0.39, 0.29) is 6.09 Å². The molecule has 1 amide bonds. The zero-order valence-corrected chi connectivity index (χ0v) is 13.1. The van der Waals surface area contributed by atoms with Crippen molar-refractivity contribution in [2.45, 2.75) is 39.7 Å². The van der Waals surface area contributed by atoms with Crippen molar-refractivity contribution in [1.82, 2.24) is 4.90 Å². The normalized spacial score (nSPS) is 11.1. The molecule has 0 bridgehead atoms. The van der Waals surface area contributed by atoms with Gasteiger partial charge in [-0.05, 0) is 46.2 Å². The summed E-state index contributed by atoms with van der Waals surface area (Å²) in [5.41, 5.74) is 0.756. The topological polar surface area (TPSA) is 38.8 Å². The molecule has 0 heterocycles. The predicted molar refractivity (Wildman–Crippen MR) is 80.2 cm³/mol. The van der Waals surface area contributed by atoms with Crippen molar-refractivity contribution < 1.29 is 14.3 Å². The Balaban J connectivity index is 2.23. The molecule has 0 aliphatic rings. The minimum absolute atomic E-state index is 0.298. The second-order valence-corrected chi connectivity index (χ2v) is 5.92. The summed E-state index contributed by atoms with van der Waals surface area (Å²) in [7, 11) is 1.74. The summed E-state index contributed by atoms with van der Waals surface area (Å²) in [5, 5.41) is 0. The van der Waals surface area contributed by atoms with E-state index in [1.54, 1.807) is 11.9 Å². The molecule has 0 unspecified atom stereocenters. The smallest absolute Gasteiger partial charge is 0.410 e. The summed E-state index contributed by atoms with van der Waals surface area (Å²) < 4.78 is 10.9. The lowest BCUT2D eigenvalue weighted by molar-refractivity contribution is 0.0292. The van der Waals surface area contributed by atoms with Crippen LogP contribution in [0.2, 0.25) is 0 Å². The number of amides is 1. The third kappa shape index (κ3) is 6.45. The molecule has 0 radical (unpaired) electrons. The summed E-state index contributed by atoms with van der Waals surface area (Å²) >= 11 is 0. The van der Waals surface area contributed by atoms with Crippen molar-refractivity contribution in [3.05, 3.63) is 29.8 Å². The molecule has 1 aromatic rings. The van der Waals surface area contributed by atoms with E-state index in [4.69, 9.17) is 9.47 Å². The van der Waals surface area contributed by atoms with Gasteiger partial charge in [0.1, 0.15) is 11.4 Å². The quantitative estimate of drug-likeness (QED) is 0.773. The van der Waals surface area contributed by atoms with E-state index in [0.717, 1.165) is 12.2 Å². The maximum absolute atomic E-state index is 11.7. The highest BCUT2D eigenvalue weighted by Gasteiger charge is 2.19. The Morgan fingerprint density at radius 3 is 2.35 bits per heavy atom. The number of hydrogen-bond donors (Lipinski definition) is 0. The highest BCUT2D eigenvalue weighted by molar-refractivity contribution is 5.67. The molecule has 0 aliphatic heterocycles. The number of carbonyl (C=O) groups is 1. The molecule has 0 N–H and O–H groups in total. The van der Waals surface area contributed by atoms with Crippen molar-refractivity contribution in [3.8, 4) is 5.75 Å². The molecule has 0 aromatic heterocycles. The van der Waals surface area contributed by atoms with Gasteiger partial charge in [-0.25, -0.2) is 4.79 Å². The van der Waals surface area contributed by atoms with Gasteiger partial charge in [0.05, 0.1) is 6.61 Å². The number of hydrogen-bond acceptors (Lipinski definition) is 3. The maximum Gasteiger partial charge on any atom is 0.410 e. The van der Waals surface area contributed by atoms with E-state index >= 15 is 0 Å². The fourth-order valence-electron chi connectivity index (χ4n) is 1.56. The minimum atomic E-state index is -0.455. The van der Waals surface area contributed by atoms with E-state index in [9.17, 15) is 4.79 Å². The van der Waals surface area contributed by atoms with Crippen LogP contribution < -0.4 is 4.74 Å². The number of ether oxygens (including phenoxy) is 2. The van der Waals surface area contributed by atoms with Crippen LogP contribution in [0.1, 0.15) is 32.8 Å². The molecular weight excluding hydrogens is 254 g/mol. The highest BCUT2D eigenvalue weighted by atomic mass is 16.6. The summed E-state index contributed by atoms with van der Waals surface area (Å²) in [4.78, 5) is 13.3. The van der Waals surface area contributed by atoms with E-state index in [0.29, 0.717) is 13.2 Å². The van der Waals surface area contributed by atoms with Crippen LogP contribution in [-0.4, -0.2) is 36.8 Å². The lowest BCUT2D eigenvalue weighted by Gasteiger charge is -2.24. The summed E-state index contributed by atoms with van der Waals surface area (Å²) in [6.45, 7) is 8.81. The second kappa shape index (κ2) is 7.17. The lowest BCUT2D eigenvalue weighted by atomic mass is 10.2. The van der Waals surface area contributed by atoms with E-state index in [2.05, 4.69) is 0 Å². The average molecular weight is 279 g/mol. The molecule has 4 heteroatoms. The van der Waals surface area contributed by atoms with E-state index in [1.165, 1.54) is 5.56 Å². The largest absolute Gasteiger partial charge is 0.494 e. The first kappa shape index (κ1) is 16.3. The Morgan fingerprint density at radius 2 is 1.80 bits per heavy atom. The molecule has 1 aromatic carbocycles. The third-order valence-corrected chi connectivity index (χ3v) is 2.63. The fourth-order valence-corrected chi connectivity index (χ4v) is 1.56. The van der Waals surface area contributed by atoms with Crippen LogP contribution in [0, 0.1) is 6.92 Å². The predicted octanol–water partition coefficient (Wildman–Crippen LogP) is 3.63. The van der Waals surface area contributed by atoms with Crippen molar-refractivity contribution in [2.24, 2.45) is 0 Å². The number of aryl methyl sites for hydroxylation is 1. The van der Waals surface area contributed by atoms with Crippen molar-refractivity contribution in [2.75, 3.05) is 20.2 Å². The monoisotopic (exact) mass is 279 g/mol. The zero-order valence-electron chi connectivity index (χ0n) is 13.1. The summed E-state index contributed by atoms with van der Waals surface area (Å²) in [6.07, 6.45) is 0.469. The molecule has 112 valence electrons. The van der Waals surface area contributed by atoms with Gasteiger partial charge in [-0.3, -0.25) is 0 Å². The van der Waals surface area contributed by atoms with Gasteiger partial charge >= 0.3 is 6.09 Å². The summed E-state index contributed by atoms with van der Waals surface area (Å²) in [5.74, 6) is 0.857. The van der Waals surface area contributed by atoms with Crippen molar-refractivity contribution in [3.63, 3.8) is 0 Å². The fraction of sp³-hybridized carbons (Fsp3) is 0.562. The van der Waals surface area contributed by atoms with Gasteiger partial charge < -0.3 is 14.4 Å². The third-order valence-electron chi connectivity index (χ3n) is 2.63. The average Bonchev–Trinajstić information content (AvgIpc) is 2.34. The Hall–Kier alpha value is -1.71. The SMILES string of the molecule is Cc1ccc(OCCCN(C)C(=O)OC(C)(C)C)cc1. The molecule has 4 nitrogen and oxygen atoms in total. The van der Waals surface area contributed by atoms with Crippen LogP contribution in [0.15, 0.2) is 24.3 Å². The van der Waals surface area contributed by atoms with Gasteiger partial charge in [0.15, 0.2) is 0 Å². The Morgan fingerprint density at radius 1 is 1.20 bits per heavy atom. The molecule has 0 saturated heterocycles. The first-order valence-corrected chi connectivity index (χ1v) is 6.91.